The predicted octanol–water partition coefficient (Wildman–Crippen LogP) is 3.68. The van der Waals surface area contributed by atoms with Crippen LogP contribution in [0.15, 0.2) is 12.1 Å². The van der Waals surface area contributed by atoms with Gasteiger partial charge in [0.25, 0.3) is 0 Å². The van der Waals surface area contributed by atoms with E-state index in [0.717, 1.165) is 5.56 Å². The number of hydrogen-bond donors (Lipinski definition) is 0. The van der Waals surface area contributed by atoms with E-state index in [4.69, 9.17) is 32.7 Å². The Morgan fingerprint density at radius 3 is 2.33 bits per heavy atom. The summed E-state index contributed by atoms with van der Waals surface area (Å²) in [6.45, 7) is 4.98. The van der Waals surface area contributed by atoms with Crippen LogP contribution in [0.3, 0.4) is 0 Å². The third kappa shape index (κ3) is 4.66. The minimum absolute atomic E-state index is 0.00983. The van der Waals surface area contributed by atoms with Gasteiger partial charge in [0.1, 0.15) is 6.61 Å². The molecule has 120 valence electrons. The minimum Gasteiger partial charge on any atom is -0.493 e. The van der Waals surface area contributed by atoms with E-state index < -0.39 is 14.6 Å². The summed E-state index contributed by atoms with van der Waals surface area (Å²) >= 11 is 11.9. The molecular weight excluding hydrogens is 335 g/mol. The van der Waals surface area contributed by atoms with Crippen LogP contribution in [0.25, 0.3) is 0 Å². The summed E-state index contributed by atoms with van der Waals surface area (Å²) in [5, 5.41) is 0.346. The molecule has 0 unspecified atom stereocenters. The molecule has 0 aliphatic heterocycles. The second-order valence-electron chi connectivity index (χ2n) is 5.52. The average molecular weight is 355 g/mol. The standard InChI is InChI=1S/C14H20Cl2O4S/c1-14(2,3)21(17,18)6-5-20-13-11(16)7-10(9-15)8-12(13)19-4/h7-8H,5-6,9H2,1-4H3. The number of methoxy groups -OCH3 is 1. The summed E-state index contributed by atoms with van der Waals surface area (Å²) < 4.78 is 33.9. The number of halogens is 2. The van der Waals surface area contributed by atoms with Crippen LogP contribution in [-0.2, 0) is 15.7 Å². The van der Waals surface area contributed by atoms with E-state index >= 15 is 0 Å². The SMILES string of the molecule is COc1cc(CCl)cc(Cl)c1OCCS(=O)(=O)C(C)(C)C. The molecule has 0 aliphatic carbocycles. The van der Waals surface area contributed by atoms with Gasteiger partial charge in [0.2, 0.25) is 0 Å². The van der Waals surface area contributed by atoms with Crippen molar-refractivity contribution in [1.82, 2.24) is 0 Å². The highest BCUT2D eigenvalue weighted by Crippen LogP contribution is 2.36. The van der Waals surface area contributed by atoms with Gasteiger partial charge in [-0.2, -0.15) is 0 Å². The van der Waals surface area contributed by atoms with Crippen molar-refractivity contribution in [2.24, 2.45) is 0 Å². The molecule has 0 amide bonds. The Hall–Kier alpha value is -0.650. The second-order valence-corrected chi connectivity index (χ2v) is 9.06. The first-order chi connectivity index (χ1) is 9.62. The summed E-state index contributed by atoms with van der Waals surface area (Å²) in [7, 11) is -1.75. The number of ether oxygens (including phenoxy) is 2. The third-order valence-electron chi connectivity index (χ3n) is 2.98. The predicted molar refractivity (Wildman–Crippen MR) is 86.6 cm³/mol. The summed E-state index contributed by atoms with van der Waals surface area (Å²) in [5.74, 6) is 0.977. The van der Waals surface area contributed by atoms with Crippen LogP contribution in [0.4, 0.5) is 0 Å². The number of sulfone groups is 1. The molecule has 0 fully saturated rings. The molecule has 21 heavy (non-hydrogen) atoms. The van der Waals surface area contributed by atoms with Crippen LogP contribution in [0.1, 0.15) is 26.3 Å². The van der Waals surface area contributed by atoms with E-state index in [1.807, 2.05) is 0 Å². The first-order valence-electron chi connectivity index (χ1n) is 6.40. The van der Waals surface area contributed by atoms with Gasteiger partial charge in [-0.15, -0.1) is 11.6 Å². The molecule has 1 rings (SSSR count). The normalized spacial score (nSPS) is 12.3. The van der Waals surface area contributed by atoms with Crippen molar-refractivity contribution in [1.29, 1.82) is 0 Å². The van der Waals surface area contributed by atoms with Crippen molar-refractivity contribution >= 4 is 33.0 Å². The van der Waals surface area contributed by atoms with Crippen LogP contribution in [0, 0.1) is 0 Å². The lowest BCUT2D eigenvalue weighted by Crippen LogP contribution is -2.32. The van der Waals surface area contributed by atoms with Crippen LogP contribution in [0.5, 0.6) is 11.5 Å². The highest BCUT2D eigenvalue weighted by Gasteiger charge is 2.28. The maximum atomic E-state index is 12.0. The maximum absolute atomic E-state index is 12.0. The van der Waals surface area contributed by atoms with Gasteiger partial charge in [0.05, 0.1) is 22.6 Å². The van der Waals surface area contributed by atoms with E-state index in [2.05, 4.69) is 0 Å². The molecule has 0 heterocycles. The highest BCUT2D eigenvalue weighted by molar-refractivity contribution is 7.92. The lowest BCUT2D eigenvalue weighted by Gasteiger charge is -2.20. The Labute approximate surface area is 136 Å². The molecule has 4 nitrogen and oxygen atoms in total. The molecule has 1 aromatic carbocycles. The summed E-state index contributed by atoms with van der Waals surface area (Å²) in [6, 6.07) is 3.39. The first kappa shape index (κ1) is 18.4. The Balaban J connectivity index is 2.86. The molecular formula is C14H20Cl2O4S. The number of rotatable bonds is 6. The lowest BCUT2D eigenvalue weighted by molar-refractivity contribution is 0.311. The van der Waals surface area contributed by atoms with E-state index in [1.54, 1.807) is 32.9 Å². The van der Waals surface area contributed by atoms with Gasteiger partial charge in [-0.25, -0.2) is 8.42 Å². The molecule has 0 saturated heterocycles. The van der Waals surface area contributed by atoms with Crippen LogP contribution in [0.2, 0.25) is 5.02 Å². The third-order valence-corrected chi connectivity index (χ3v) is 6.13. The Kier molecular flexibility index (Phi) is 6.20. The van der Waals surface area contributed by atoms with Gasteiger partial charge in [0.15, 0.2) is 21.3 Å². The van der Waals surface area contributed by atoms with Crippen molar-refractivity contribution < 1.29 is 17.9 Å². The van der Waals surface area contributed by atoms with Gasteiger partial charge in [-0.05, 0) is 38.5 Å². The lowest BCUT2D eigenvalue weighted by atomic mass is 10.2. The van der Waals surface area contributed by atoms with E-state index in [-0.39, 0.29) is 12.4 Å². The number of alkyl halides is 1. The quantitative estimate of drug-likeness (QED) is 0.731. The van der Waals surface area contributed by atoms with Gasteiger partial charge in [-0.1, -0.05) is 11.6 Å². The largest absolute Gasteiger partial charge is 0.493 e. The Morgan fingerprint density at radius 1 is 1.24 bits per heavy atom. The van der Waals surface area contributed by atoms with E-state index in [0.29, 0.717) is 22.4 Å². The molecule has 0 aromatic heterocycles. The van der Waals surface area contributed by atoms with Crippen LogP contribution >= 0.6 is 23.2 Å². The van der Waals surface area contributed by atoms with Gasteiger partial charge >= 0.3 is 0 Å². The van der Waals surface area contributed by atoms with Gasteiger partial charge < -0.3 is 9.47 Å². The highest BCUT2D eigenvalue weighted by atomic mass is 35.5. The molecule has 1 aromatic rings. The summed E-state index contributed by atoms with van der Waals surface area (Å²) in [6.07, 6.45) is 0. The molecule has 0 saturated carbocycles. The number of benzene rings is 1. The average Bonchev–Trinajstić information content (AvgIpc) is 2.38. The topological polar surface area (TPSA) is 52.6 Å². The fourth-order valence-electron chi connectivity index (χ4n) is 1.55. The fourth-order valence-corrected chi connectivity index (χ4v) is 2.91. The minimum atomic E-state index is -3.24. The zero-order valence-corrected chi connectivity index (χ0v) is 14.9. The summed E-state index contributed by atoms with van der Waals surface area (Å²) in [5.41, 5.74) is 0.799. The zero-order chi connectivity index (χ0) is 16.3. The fraction of sp³-hybridized carbons (Fsp3) is 0.571. The second kappa shape index (κ2) is 7.07. The smallest absolute Gasteiger partial charge is 0.179 e. The molecule has 0 aliphatic rings. The first-order valence-corrected chi connectivity index (χ1v) is 8.96. The van der Waals surface area contributed by atoms with Crippen molar-refractivity contribution in [2.75, 3.05) is 19.5 Å². The van der Waals surface area contributed by atoms with Crippen molar-refractivity contribution in [3.63, 3.8) is 0 Å². The monoisotopic (exact) mass is 354 g/mol. The Bertz CT molecular complexity index is 592. The molecule has 7 heteroatoms. The van der Waals surface area contributed by atoms with Gasteiger partial charge in [0, 0.05) is 5.88 Å². The van der Waals surface area contributed by atoms with Crippen LogP contribution in [-0.4, -0.2) is 32.6 Å². The molecule has 0 radical (unpaired) electrons. The summed E-state index contributed by atoms with van der Waals surface area (Å²) in [4.78, 5) is 0. The maximum Gasteiger partial charge on any atom is 0.179 e. The zero-order valence-electron chi connectivity index (χ0n) is 12.6. The molecule has 0 N–H and O–H groups in total. The molecule has 0 bridgehead atoms. The van der Waals surface area contributed by atoms with E-state index in [9.17, 15) is 8.42 Å². The van der Waals surface area contributed by atoms with Crippen molar-refractivity contribution in [3.05, 3.63) is 22.7 Å². The number of hydrogen-bond acceptors (Lipinski definition) is 4. The van der Waals surface area contributed by atoms with Gasteiger partial charge in [-0.3, -0.25) is 0 Å². The van der Waals surface area contributed by atoms with Crippen molar-refractivity contribution in [3.8, 4) is 11.5 Å². The van der Waals surface area contributed by atoms with Crippen molar-refractivity contribution in [2.45, 2.75) is 31.4 Å². The van der Waals surface area contributed by atoms with E-state index in [1.165, 1.54) is 7.11 Å². The Morgan fingerprint density at radius 2 is 1.86 bits per heavy atom. The van der Waals surface area contributed by atoms with Crippen LogP contribution < -0.4 is 9.47 Å². The molecule has 0 spiro atoms. The molecule has 0 atom stereocenters.